The van der Waals surface area contributed by atoms with Crippen LogP contribution in [0, 0.1) is 5.41 Å². The van der Waals surface area contributed by atoms with E-state index in [-0.39, 0.29) is 5.41 Å². The third kappa shape index (κ3) is 2.40. The molecule has 3 heterocycles. The standard InChI is InChI=1S/C13H19N3O2S/c17-19(18,12-2-1-6-15-10-12)16-9-5-13(11-16)3-7-14-8-4-13/h1-2,6,10,14H,3-5,7-9,11H2. The summed E-state index contributed by atoms with van der Waals surface area (Å²) in [6.07, 6.45) is 6.16. The van der Waals surface area contributed by atoms with Crippen LogP contribution in [0.25, 0.3) is 0 Å². The Hall–Kier alpha value is -0.980. The first-order valence-electron chi connectivity index (χ1n) is 6.73. The zero-order valence-electron chi connectivity index (χ0n) is 10.9. The lowest BCUT2D eigenvalue weighted by atomic mass is 9.78. The fourth-order valence-corrected chi connectivity index (χ4v) is 4.63. The third-order valence-corrected chi connectivity index (χ3v) is 6.17. The van der Waals surface area contributed by atoms with Gasteiger partial charge in [0.2, 0.25) is 10.0 Å². The number of sulfonamides is 1. The van der Waals surface area contributed by atoms with Gasteiger partial charge in [-0.05, 0) is 49.9 Å². The summed E-state index contributed by atoms with van der Waals surface area (Å²) >= 11 is 0. The smallest absolute Gasteiger partial charge is 0.244 e. The fourth-order valence-electron chi connectivity index (χ4n) is 3.11. The maximum atomic E-state index is 12.5. The molecular weight excluding hydrogens is 262 g/mol. The van der Waals surface area contributed by atoms with Gasteiger partial charge in [-0.25, -0.2) is 8.42 Å². The highest BCUT2D eigenvalue weighted by Crippen LogP contribution is 2.40. The van der Waals surface area contributed by atoms with Crippen molar-refractivity contribution in [2.24, 2.45) is 5.41 Å². The second-order valence-corrected chi connectivity index (χ2v) is 7.47. The van der Waals surface area contributed by atoms with Crippen LogP contribution < -0.4 is 5.32 Å². The lowest BCUT2D eigenvalue weighted by molar-refractivity contribution is 0.218. The molecule has 2 aliphatic rings. The molecule has 0 aliphatic carbocycles. The van der Waals surface area contributed by atoms with E-state index in [2.05, 4.69) is 10.3 Å². The van der Waals surface area contributed by atoms with Gasteiger partial charge in [-0.2, -0.15) is 4.31 Å². The van der Waals surface area contributed by atoms with Crippen molar-refractivity contribution in [3.63, 3.8) is 0 Å². The van der Waals surface area contributed by atoms with E-state index in [4.69, 9.17) is 0 Å². The normalized spacial score (nSPS) is 23.8. The Morgan fingerprint density at radius 2 is 2.05 bits per heavy atom. The Bertz CT molecular complexity index is 538. The number of pyridine rings is 1. The number of aromatic nitrogens is 1. The average Bonchev–Trinajstić information content (AvgIpc) is 2.85. The van der Waals surface area contributed by atoms with Gasteiger partial charge in [0, 0.05) is 25.5 Å². The Morgan fingerprint density at radius 3 is 2.74 bits per heavy atom. The highest BCUT2D eigenvalue weighted by Gasteiger charge is 2.43. The number of piperidine rings is 1. The van der Waals surface area contributed by atoms with Gasteiger partial charge in [0.05, 0.1) is 0 Å². The number of rotatable bonds is 2. The average molecular weight is 281 g/mol. The molecule has 1 aromatic rings. The molecule has 6 heteroatoms. The molecule has 0 unspecified atom stereocenters. The van der Waals surface area contributed by atoms with Crippen LogP contribution in [-0.4, -0.2) is 43.9 Å². The molecule has 0 atom stereocenters. The zero-order chi connectivity index (χ0) is 13.3. The first-order chi connectivity index (χ1) is 9.12. The SMILES string of the molecule is O=S(=O)(c1cccnc1)N1CCC2(CCNCC2)C1. The van der Waals surface area contributed by atoms with E-state index in [1.54, 1.807) is 22.6 Å². The van der Waals surface area contributed by atoms with Crippen LogP contribution >= 0.6 is 0 Å². The summed E-state index contributed by atoms with van der Waals surface area (Å²) in [6, 6.07) is 3.29. The van der Waals surface area contributed by atoms with Gasteiger partial charge >= 0.3 is 0 Å². The summed E-state index contributed by atoms with van der Waals surface area (Å²) in [6.45, 7) is 3.30. The molecule has 0 saturated carbocycles. The molecule has 5 nitrogen and oxygen atoms in total. The molecule has 0 bridgehead atoms. The van der Waals surface area contributed by atoms with Crippen molar-refractivity contribution in [3.05, 3.63) is 24.5 Å². The molecule has 2 aliphatic heterocycles. The van der Waals surface area contributed by atoms with Crippen LogP contribution in [0.2, 0.25) is 0 Å². The van der Waals surface area contributed by atoms with Gasteiger partial charge in [0.1, 0.15) is 4.90 Å². The Labute approximate surface area is 114 Å². The number of nitrogens with zero attached hydrogens (tertiary/aromatic N) is 2. The van der Waals surface area contributed by atoms with Crippen LogP contribution in [0.3, 0.4) is 0 Å². The van der Waals surface area contributed by atoms with Crippen molar-refractivity contribution in [3.8, 4) is 0 Å². The summed E-state index contributed by atoms with van der Waals surface area (Å²) in [7, 11) is -3.36. The topological polar surface area (TPSA) is 62.3 Å². The summed E-state index contributed by atoms with van der Waals surface area (Å²) in [5.74, 6) is 0. The van der Waals surface area contributed by atoms with Crippen LogP contribution in [-0.2, 0) is 10.0 Å². The second kappa shape index (κ2) is 4.85. The Kier molecular flexibility index (Phi) is 3.32. The predicted octanol–water partition coefficient (Wildman–Crippen LogP) is 0.846. The summed E-state index contributed by atoms with van der Waals surface area (Å²) in [5, 5.41) is 3.34. The van der Waals surface area contributed by atoms with Crippen molar-refractivity contribution < 1.29 is 8.42 Å². The van der Waals surface area contributed by atoms with Crippen LogP contribution in [0.5, 0.6) is 0 Å². The molecule has 0 amide bonds. The quantitative estimate of drug-likeness (QED) is 0.873. The van der Waals surface area contributed by atoms with E-state index in [1.165, 1.54) is 6.20 Å². The number of hydrogen-bond donors (Lipinski definition) is 1. The van der Waals surface area contributed by atoms with E-state index < -0.39 is 10.0 Å². The van der Waals surface area contributed by atoms with Crippen molar-refractivity contribution in [2.45, 2.75) is 24.2 Å². The van der Waals surface area contributed by atoms with Crippen molar-refractivity contribution in [2.75, 3.05) is 26.2 Å². The van der Waals surface area contributed by atoms with E-state index in [0.29, 0.717) is 18.0 Å². The molecule has 2 saturated heterocycles. The lowest BCUT2D eigenvalue weighted by Gasteiger charge is -2.33. The molecule has 0 aromatic carbocycles. The van der Waals surface area contributed by atoms with Gasteiger partial charge < -0.3 is 5.32 Å². The summed E-state index contributed by atoms with van der Waals surface area (Å²) in [4.78, 5) is 4.22. The predicted molar refractivity (Wildman–Crippen MR) is 72.1 cm³/mol. The maximum Gasteiger partial charge on any atom is 0.244 e. The molecule has 104 valence electrons. The van der Waals surface area contributed by atoms with E-state index in [0.717, 1.165) is 32.4 Å². The Morgan fingerprint density at radius 1 is 1.26 bits per heavy atom. The first-order valence-corrected chi connectivity index (χ1v) is 8.17. The monoisotopic (exact) mass is 281 g/mol. The van der Waals surface area contributed by atoms with E-state index in [9.17, 15) is 8.42 Å². The van der Waals surface area contributed by atoms with Crippen molar-refractivity contribution in [1.82, 2.24) is 14.6 Å². The molecule has 3 rings (SSSR count). The van der Waals surface area contributed by atoms with Crippen molar-refractivity contribution >= 4 is 10.0 Å². The number of hydrogen-bond acceptors (Lipinski definition) is 4. The van der Waals surface area contributed by atoms with Gasteiger partial charge in [-0.1, -0.05) is 0 Å². The largest absolute Gasteiger partial charge is 0.317 e. The molecule has 19 heavy (non-hydrogen) atoms. The fraction of sp³-hybridized carbons (Fsp3) is 0.615. The lowest BCUT2D eigenvalue weighted by Crippen LogP contribution is -2.39. The summed E-state index contributed by atoms with van der Waals surface area (Å²) < 4.78 is 26.7. The molecule has 1 N–H and O–H groups in total. The molecule has 1 spiro atoms. The van der Waals surface area contributed by atoms with Crippen molar-refractivity contribution in [1.29, 1.82) is 0 Å². The number of nitrogens with one attached hydrogen (secondary N) is 1. The molecular formula is C13H19N3O2S. The van der Waals surface area contributed by atoms with Gasteiger partial charge in [-0.15, -0.1) is 0 Å². The third-order valence-electron chi connectivity index (χ3n) is 4.34. The molecule has 1 aromatic heterocycles. The van der Waals surface area contributed by atoms with Gasteiger partial charge in [0.15, 0.2) is 0 Å². The van der Waals surface area contributed by atoms with Gasteiger partial charge in [-0.3, -0.25) is 4.98 Å². The van der Waals surface area contributed by atoms with Crippen LogP contribution in [0.1, 0.15) is 19.3 Å². The summed E-state index contributed by atoms with van der Waals surface area (Å²) in [5.41, 5.74) is 0.195. The minimum Gasteiger partial charge on any atom is -0.317 e. The maximum absolute atomic E-state index is 12.5. The first kappa shape index (κ1) is 13.0. The molecule has 0 radical (unpaired) electrons. The highest BCUT2D eigenvalue weighted by molar-refractivity contribution is 7.89. The minimum absolute atomic E-state index is 0.195. The van der Waals surface area contributed by atoms with Crippen LogP contribution in [0.15, 0.2) is 29.4 Å². The minimum atomic E-state index is -3.36. The van der Waals surface area contributed by atoms with Crippen LogP contribution in [0.4, 0.5) is 0 Å². The highest BCUT2D eigenvalue weighted by atomic mass is 32.2. The Balaban J connectivity index is 1.81. The zero-order valence-corrected chi connectivity index (χ0v) is 11.7. The van der Waals surface area contributed by atoms with Gasteiger partial charge in [0.25, 0.3) is 0 Å². The second-order valence-electron chi connectivity index (χ2n) is 5.53. The molecule has 2 fully saturated rings. The van der Waals surface area contributed by atoms with E-state index >= 15 is 0 Å². The van der Waals surface area contributed by atoms with E-state index in [1.807, 2.05) is 0 Å².